The molecule has 2 aromatic rings. The molecule has 1 aromatic heterocycles. The summed E-state index contributed by atoms with van der Waals surface area (Å²) in [4.78, 5) is 11.8. The molecule has 2 unspecified atom stereocenters. The Morgan fingerprint density at radius 3 is 2.43 bits per heavy atom. The molecule has 2 rings (SSSR count). The predicted molar refractivity (Wildman–Crippen MR) is 77.6 cm³/mol. The first kappa shape index (κ1) is 15.2. The molecule has 1 aromatic carbocycles. The van der Waals surface area contributed by atoms with E-state index in [1.54, 1.807) is 0 Å². The molecule has 0 aliphatic carbocycles. The first-order valence-corrected chi connectivity index (χ1v) is 6.89. The molecule has 2 N–H and O–H groups in total. The zero-order valence-electron chi connectivity index (χ0n) is 12.4. The number of rotatable bonds is 5. The van der Waals surface area contributed by atoms with E-state index in [0.29, 0.717) is 12.2 Å². The van der Waals surface area contributed by atoms with Gasteiger partial charge in [0.15, 0.2) is 5.82 Å². The van der Waals surface area contributed by atoms with Gasteiger partial charge in [-0.3, -0.25) is 4.79 Å². The van der Waals surface area contributed by atoms with Gasteiger partial charge in [-0.25, -0.2) is 0 Å². The second-order valence-corrected chi connectivity index (χ2v) is 6.25. The SMILES string of the molecule is CC(C)(C)C(C(=O)O)C(Cc1ccccc1)c1nn[nH]n1. The Balaban J connectivity index is 2.38. The average Bonchev–Trinajstić information content (AvgIpc) is 2.90. The van der Waals surface area contributed by atoms with E-state index < -0.39 is 17.3 Å². The van der Waals surface area contributed by atoms with Gasteiger partial charge in [0, 0.05) is 5.92 Å². The van der Waals surface area contributed by atoms with E-state index in [9.17, 15) is 9.90 Å². The van der Waals surface area contributed by atoms with Gasteiger partial charge < -0.3 is 5.11 Å². The molecular formula is C15H20N4O2. The molecule has 0 aliphatic rings. The zero-order chi connectivity index (χ0) is 15.5. The molecule has 0 fully saturated rings. The number of aromatic nitrogens is 4. The van der Waals surface area contributed by atoms with Gasteiger partial charge in [0.2, 0.25) is 0 Å². The Morgan fingerprint density at radius 1 is 1.29 bits per heavy atom. The Bertz CT molecular complexity index is 575. The lowest BCUT2D eigenvalue weighted by molar-refractivity contribution is -0.146. The van der Waals surface area contributed by atoms with Crippen molar-refractivity contribution in [1.29, 1.82) is 0 Å². The fraction of sp³-hybridized carbons (Fsp3) is 0.467. The minimum Gasteiger partial charge on any atom is -0.481 e. The number of hydrogen-bond acceptors (Lipinski definition) is 4. The van der Waals surface area contributed by atoms with E-state index in [4.69, 9.17) is 0 Å². The minimum absolute atomic E-state index is 0.330. The standard InChI is InChI=1S/C15H20N4O2/c1-15(2,3)12(14(20)21)11(13-16-18-19-17-13)9-10-7-5-4-6-8-10/h4-8,11-12H,9H2,1-3H3,(H,20,21)(H,16,17,18,19). The van der Waals surface area contributed by atoms with Crippen LogP contribution >= 0.6 is 0 Å². The van der Waals surface area contributed by atoms with Crippen LogP contribution in [0.4, 0.5) is 0 Å². The number of nitrogens with one attached hydrogen (secondary N) is 1. The lowest BCUT2D eigenvalue weighted by atomic mass is 9.71. The van der Waals surface area contributed by atoms with Crippen molar-refractivity contribution in [1.82, 2.24) is 20.6 Å². The van der Waals surface area contributed by atoms with Gasteiger partial charge in [0.1, 0.15) is 0 Å². The number of aliphatic carboxylic acids is 1. The maximum absolute atomic E-state index is 11.8. The van der Waals surface area contributed by atoms with Gasteiger partial charge >= 0.3 is 5.97 Å². The smallest absolute Gasteiger partial charge is 0.307 e. The van der Waals surface area contributed by atoms with Gasteiger partial charge in [-0.05, 0) is 17.4 Å². The van der Waals surface area contributed by atoms with Crippen molar-refractivity contribution < 1.29 is 9.90 Å². The summed E-state index contributed by atoms with van der Waals surface area (Å²) in [6, 6.07) is 9.78. The van der Waals surface area contributed by atoms with Gasteiger partial charge in [0.05, 0.1) is 5.92 Å². The summed E-state index contributed by atoms with van der Waals surface area (Å²) in [6.45, 7) is 5.76. The van der Waals surface area contributed by atoms with Crippen molar-refractivity contribution in [2.24, 2.45) is 11.3 Å². The van der Waals surface area contributed by atoms with Crippen molar-refractivity contribution in [2.45, 2.75) is 33.1 Å². The molecule has 0 amide bonds. The number of carbonyl (C=O) groups is 1. The van der Waals surface area contributed by atoms with E-state index >= 15 is 0 Å². The second-order valence-electron chi connectivity index (χ2n) is 6.25. The molecule has 6 heteroatoms. The Morgan fingerprint density at radius 2 is 1.95 bits per heavy atom. The Hall–Kier alpha value is -2.24. The summed E-state index contributed by atoms with van der Waals surface area (Å²) < 4.78 is 0. The number of benzene rings is 1. The highest BCUT2D eigenvalue weighted by Gasteiger charge is 2.40. The minimum atomic E-state index is -0.840. The molecule has 2 atom stereocenters. The van der Waals surface area contributed by atoms with Crippen LogP contribution in [0.25, 0.3) is 0 Å². The quantitative estimate of drug-likeness (QED) is 0.880. The number of nitrogens with zero attached hydrogens (tertiary/aromatic N) is 3. The molecule has 0 saturated carbocycles. The fourth-order valence-electron chi connectivity index (χ4n) is 2.70. The number of tetrazole rings is 1. The molecule has 1 heterocycles. The van der Waals surface area contributed by atoms with E-state index in [-0.39, 0.29) is 5.92 Å². The van der Waals surface area contributed by atoms with Gasteiger partial charge in [-0.2, -0.15) is 5.21 Å². The van der Waals surface area contributed by atoms with E-state index in [1.807, 2.05) is 51.1 Å². The lowest BCUT2D eigenvalue weighted by Crippen LogP contribution is -2.35. The van der Waals surface area contributed by atoms with Crippen LogP contribution in [0.15, 0.2) is 30.3 Å². The van der Waals surface area contributed by atoms with E-state index in [0.717, 1.165) is 5.56 Å². The lowest BCUT2D eigenvalue weighted by Gasteiger charge is -2.32. The van der Waals surface area contributed by atoms with Crippen LogP contribution in [0.1, 0.15) is 38.1 Å². The molecule has 21 heavy (non-hydrogen) atoms. The van der Waals surface area contributed by atoms with Crippen molar-refractivity contribution in [2.75, 3.05) is 0 Å². The summed E-state index contributed by atoms with van der Waals surface area (Å²) in [5.74, 6) is -1.33. The highest BCUT2D eigenvalue weighted by atomic mass is 16.4. The normalized spacial score (nSPS) is 14.6. The van der Waals surface area contributed by atoms with Crippen molar-refractivity contribution >= 4 is 5.97 Å². The van der Waals surface area contributed by atoms with Crippen LogP contribution in [-0.2, 0) is 11.2 Å². The third-order valence-electron chi connectivity index (χ3n) is 3.59. The number of aromatic amines is 1. The average molecular weight is 288 g/mol. The highest BCUT2D eigenvalue weighted by molar-refractivity contribution is 5.72. The molecule has 0 saturated heterocycles. The maximum Gasteiger partial charge on any atom is 0.307 e. The molecule has 0 bridgehead atoms. The van der Waals surface area contributed by atoms with Gasteiger partial charge in [0.25, 0.3) is 0 Å². The number of hydrogen-bond donors (Lipinski definition) is 2. The van der Waals surface area contributed by atoms with E-state index in [2.05, 4.69) is 20.6 Å². The largest absolute Gasteiger partial charge is 0.481 e. The molecule has 0 spiro atoms. The fourth-order valence-corrected chi connectivity index (χ4v) is 2.70. The van der Waals surface area contributed by atoms with Gasteiger partial charge in [-0.15, -0.1) is 10.2 Å². The van der Waals surface area contributed by atoms with Crippen molar-refractivity contribution in [3.05, 3.63) is 41.7 Å². The number of H-pyrrole nitrogens is 1. The third kappa shape index (κ3) is 3.65. The predicted octanol–water partition coefficient (Wildman–Crippen LogP) is 2.27. The van der Waals surface area contributed by atoms with Crippen LogP contribution < -0.4 is 0 Å². The summed E-state index contributed by atoms with van der Waals surface area (Å²) in [5.41, 5.74) is 0.647. The summed E-state index contributed by atoms with van der Waals surface area (Å²) in [5, 5.41) is 23.7. The second kappa shape index (κ2) is 6.03. The van der Waals surface area contributed by atoms with Crippen LogP contribution in [-0.4, -0.2) is 31.7 Å². The van der Waals surface area contributed by atoms with E-state index in [1.165, 1.54) is 0 Å². The van der Waals surface area contributed by atoms with Crippen LogP contribution in [0.3, 0.4) is 0 Å². The maximum atomic E-state index is 11.8. The van der Waals surface area contributed by atoms with Crippen molar-refractivity contribution in [3.63, 3.8) is 0 Å². The first-order chi connectivity index (χ1) is 9.89. The monoisotopic (exact) mass is 288 g/mol. The van der Waals surface area contributed by atoms with Crippen LogP contribution in [0, 0.1) is 11.3 Å². The molecule has 6 nitrogen and oxygen atoms in total. The van der Waals surface area contributed by atoms with Crippen LogP contribution in [0.5, 0.6) is 0 Å². The summed E-state index contributed by atoms with van der Waals surface area (Å²) in [6.07, 6.45) is 0.564. The Labute approximate surface area is 123 Å². The van der Waals surface area contributed by atoms with Crippen LogP contribution in [0.2, 0.25) is 0 Å². The van der Waals surface area contributed by atoms with Crippen molar-refractivity contribution in [3.8, 4) is 0 Å². The molecular weight excluding hydrogens is 268 g/mol. The molecule has 0 aliphatic heterocycles. The summed E-state index contributed by atoms with van der Waals surface area (Å²) in [7, 11) is 0. The highest BCUT2D eigenvalue weighted by Crippen LogP contribution is 2.38. The topological polar surface area (TPSA) is 91.8 Å². The van der Waals surface area contributed by atoms with Gasteiger partial charge in [-0.1, -0.05) is 56.3 Å². The number of carboxylic acid groups (broad SMARTS) is 1. The molecule has 112 valence electrons. The zero-order valence-corrected chi connectivity index (χ0v) is 12.4. The Kier molecular flexibility index (Phi) is 4.35. The molecule has 0 radical (unpaired) electrons. The third-order valence-corrected chi connectivity index (χ3v) is 3.59. The first-order valence-electron chi connectivity index (χ1n) is 6.89. The summed E-state index contributed by atoms with van der Waals surface area (Å²) >= 11 is 0. The number of carboxylic acids is 1.